The number of hydrogen-bond acceptors (Lipinski definition) is 5. The Kier molecular flexibility index (Phi) is 3.91. The van der Waals surface area contributed by atoms with E-state index in [1.54, 1.807) is 4.90 Å². The molecule has 1 aromatic carbocycles. The zero-order valence-corrected chi connectivity index (χ0v) is 9.89. The first-order chi connectivity index (χ1) is 8.72. The lowest BCUT2D eigenvalue weighted by atomic mass is 10.0. The van der Waals surface area contributed by atoms with E-state index in [0.29, 0.717) is 13.0 Å². The fraction of sp³-hybridized carbons (Fsp3) is 0.333. The third-order valence-electron chi connectivity index (χ3n) is 2.90. The zero-order chi connectivity index (χ0) is 13.0. The largest absolute Gasteiger partial charge is 0.356 e. The first-order valence-electron chi connectivity index (χ1n) is 5.76. The van der Waals surface area contributed by atoms with Crippen LogP contribution in [0.2, 0.25) is 0 Å². The average molecular weight is 249 g/mol. The molecule has 2 rings (SSSR count). The topological polar surface area (TPSA) is 84.7 Å². The molecular weight excluding hydrogens is 234 g/mol. The second kappa shape index (κ2) is 5.61. The molecule has 6 heteroatoms. The highest BCUT2D eigenvalue weighted by Crippen LogP contribution is 2.27. The summed E-state index contributed by atoms with van der Waals surface area (Å²) >= 11 is 0. The van der Waals surface area contributed by atoms with Crippen LogP contribution in [0, 0.1) is 0 Å². The van der Waals surface area contributed by atoms with Crippen LogP contribution in [0.15, 0.2) is 24.3 Å². The quantitative estimate of drug-likeness (QED) is 0.591. The third kappa shape index (κ3) is 2.66. The molecule has 1 aromatic rings. The first kappa shape index (κ1) is 12.5. The molecule has 1 amide bonds. The summed E-state index contributed by atoms with van der Waals surface area (Å²) in [6.07, 6.45) is 1.33. The maximum atomic E-state index is 11.9. The Morgan fingerprint density at radius 2 is 2.17 bits per heavy atom. The van der Waals surface area contributed by atoms with E-state index in [4.69, 9.17) is 5.84 Å². The number of amides is 1. The third-order valence-corrected chi connectivity index (χ3v) is 2.90. The minimum atomic E-state index is -0.492. The minimum Gasteiger partial charge on any atom is -0.356 e. The van der Waals surface area contributed by atoms with E-state index < -0.39 is 5.97 Å². The molecule has 1 aliphatic heterocycles. The molecule has 96 valence electrons. The van der Waals surface area contributed by atoms with E-state index in [-0.39, 0.29) is 12.3 Å². The zero-order valence-electron chi connectivity index (χ0n) is 9.89. The summed E-state index contributed by atoms with van der Waals surface area (Å²) in [5.74, 6) is 4.41. The van der Waals surface area contributed by atoms with E-state index in [2.05, 4.69) is 4.84 Å². The van der Waals surface area contributed by atoms with Crippen molar-refractivity contribution < 1.29 is 14.4 Å². The van der Waals surface area contributed by atoms with Crippen molar-refractivity contribution in [2.45, 2.75) is 19.3 Å². The van der Waals surface area contributed by atoms with Crippen LogP contribution >= 0.6 is 0 Å². The van der Waals surface area contributed by atoms with Crippen molar-refractivity contribution in [3.8, 4) is 0 Å². The number of para-hydroxylation sites is 1. The maximum absolute atomic E-state index is 11.9. The molecule has 18 heavy (non-hydrogen) atoms. The molecule has 0 aromatic heterocycles. The minimum absolute atomic E-state index is 0.0298. The van der Waals surface area contributed by atoms with Crippen LogP contribution in [0.4, 0.5) is 5.69 Å². The Morgan fingerprint density at radius 1 is 1.39 bits per heavy atom. The van der Waals surface area contributed by atoms with E-state index in [1.807, 2.05) is 29.9 Å². The van der Waals surface area contributed by atoms with Gasteiger partial charge in [0.15, 0.2) is 0 Å². The predicted molar refractivity (Wildman–Crippen MR) is 65.1 cm³/mol. The van der Waals surface area contributed by atoms with Crippen LogP contribution in [0.1, 0.15) is 18.4 Å². The van der Waals surface area contributed by atoms with Crippen LogP contribution < -0.4 is 16.3 Å². The second-order valence-corrected chi connectivity index (χ2v) is 4.02. The number of nitrogens with two attached hydrogens (primary N) is 1. The summed E-state index contributed by atoms with van der Waals surface area (Å²) < 4.78 is 0. The van der Waals surface area contributed by atoms with Crippen molar-refractivity contribution in [2.75, 3.05) is 11.4 Å². The molecule has 0 aliphatic carbocycles. The standard InChI is InChI=1S/C12H15N3O3/c13-14-18-12(17)7-8-15-10-4-2-1-3-9(10)5-6-11(15)16/h1-4,14H,5-8,13H2. The summed E-state index contributed by atoms with van der Waals surface area (Å²) in [7, 11) is 0. The summed E-state index contributed by atoms with van der Waals surface area (Å²) in [5.41, 5.74) is 3.84. The Hall–Kier alpha value is -1.92. The smallest absolute Gasteiger partial charge is 0.328 e. The van der Waals surface area contributed by atoms with Gasteiger partial charge in [0.1, 0.15) is 0 Å². The molecule has 0 spiro atoms. The lowest BCUT2D eigenvalue weighted by Crippen LogP contribution is -2.37. The number of rotatable bonds is 4. The fourth-order valence-corrected chi connectivity index (χ4v) is 2.06. The van der Waals surface area contributed by atoms with Gasteiger partial charge in [-0.1, -0.05) is 23.8 Å². The SMILES string of the molecule is NNOC(=O)CCN1C(=O)CCc2ccccc21. The van der Waals surface area contributed by atoms with Crippen LogP contribution in [0.25, 0.3) is 0 Å². The Labute approximate surface area is 105 Å². The van der Waals surface area contributed by atoms with Gasteiger partial charge in [0.25, 0.3) is 0 Å². The molecule has 0 saturated carbocycles. The number of fused-ring (bicyclic) bond motifs is 1. The van der Waals surface area contributed by atoms with Crippen molar-refractivity contribution in [1.29, 1.82) is 0 Å². The highest BCUT2D eigenvalue weighted by Gasteiger charge is 2.24. The van der Waals surface area contributed by atoms with Crippen molar-refractivity contribution in [2.24, 2.45) is 5.84 Å². The normalized spacial score (nSPS) is 14.3. The number of nitrogens with zero attached hydrogens (tertiary/aromatic N) is 1. The summed E-state index contributed by atoms with van der Waals surface area (Å²) in [6, 6.07) is 7.71. The summed E-state index contributed by atoms with van der Waals surface area (Å²) in [4.78, 5) is 29.1. The van der Waals surface area contributed by atoms with Gasteiger partial charge in [-0.15, -0.1) is 0 Å². The average Bonchev–Trinajstić information content (AvgIpc) is 2.38. The number of nitrogens with one attached hydrogen (secondary N) is 1. The molecular formula is C12H15N3O3. The van der Waals surface area contributed by atoms with Crippen LogP contribution in [0.5, 0.6) is 0 Å². The molecule has 1 aliphatic rings. The van der Waals surface area contributed by atoms with Gasteiger partial charge >= 0.3 is 5.97 Å². The van der Waals surface area contributed by atoms with Gasteiger partial charge in [-0.3, -0.25) is 9.59 Å². The number of carbonyl (C=O) groups is 2. The number of aryl methyl sites for hydroxylation is 1. The molecule has 6 nitrogen and oxygen atoms in total. The predicted octanol–water partition coefficient (Wildman–Crippen LogP) is 0.277. The molecule has 0 atom stereocenters. The van der Waals surface area contributed by atoms with Crippen LogP contribution in [0.3, 0.4) is 0 Å². The van der Waals surface area contributed by atoms with Gasteiger partial charge in [0.2, 0.25) is 5.91 Å². The number of hydrogen-bond donors (Lipinski definition) is 2. The van der Waals surface area contributed by atoms with Crippen LogP contribution in [-0.4, -0.2) is 18.4 Å². The molecule has 0 fully saturated rings. The van der Waals surface area contributed by atoms with E-state index in [9.17, 15) is 9.59 Å². The van der Waals surface area contributed by atoms with Gasteiger partial charge < -0.3 is 9.74 Å². The maximum Gasteiger partial charge on any atom is 0.328 e. The number of benzene rings is 1. The van der Waals surface area contributed by atoms with Crippen molar-refractivity contribution in [3.05, 3.63) is 29.8 Å². The number of carbonyl (C=O) groups excluding carboxylic acids is 2. The van der Waals surface area contributed by atoms with Gasteiger partial charge in [0, 0.05) is 18.7 Å². The van der Waals surface area contributed by atoms with E-state index in [1.165, 1.54) is 0 Å². The molecule has 3 N–H and O–H groups in total. The summed E-state index contributed by atoms with van der Waals surface area (Å²) in [5, 5.41) is 0. The first-order valence-corrected chi connectivity index (χ1v) is 5.76. The second-order valence-electron chi connectivity index (χ2n) is 4.02. The Morgan fingerprint density at radius 3 is 2.94 bits per heavy atom. The van der Waals surface area contributed by atoms with Gasteiger partial charge in [-0.05, 0) is 18.1 Å². The van der Waals surface area contributed by atoms with Gasteiger partial charge in [-0.25, -0.2) is 5.84 Å². The highest BCUT2D eigenvalue weighted by molar-refractivity contribution is 5.96. The van der Waals surface area contributed by atoms with E-state index in [0.717, 1.165) is 17.7 Å². The molecule has 0 saturated heterocycles. The van der Waals surface area contributed by atoms with Crippen molar-refractivity contribution >= 4 is 17.6 Å². The monoisotopic (exact) mass is 249 g/mol. The lowest BCUT2D eigenvalue weighted by molar-refractivity contribution is -0.151. The summed E-state index contributed by atoms with van der Waals surface area (Å²) in [6.45, 7) is 0.302. The molecule has 0 bridgehead atoms. The lowest BCUT2D eigenvalue weighted by Gasteiger charge is -2.29. The van der Waals surface area contributed by atoms with Gasteiger partial charge in [0.05, 0.1) is 6.42 Å². The number of hydrazine groups is 1. The van der Waals surface area contributed by atoms with Crippen LogP contribution in [-0.2, 0) is 20.8 Å². The molecule has 0 unspecified atom stereocenters. The molecule has 0 radical (unpaired) electrons. The highest BCUT2D eigenvalue weighted by atomic mass is 16.7. The Bertz CT molecular complexity index is 462. The van der Waals surface area contributed by atoms with E-state index >= 15 is 0 Å². The number of anilines is 1. The van der Waals surface area contributed by atoms with Crippen molar-refractivity contribution in [1.82, 2.24) is 5.59 Å². The Balaban J connectivity index is 2.07. The fourth-order valence-electron chi connectivity index (χ4n) is 2.06. The molecule has 1 heterocycles. The van der Waals surface area contributed by atoms with Gasteiger partial charge in [-0.2, -0.15) is 0 Å². The van der Waals surface area contributed by atoms with Crippen molar-refractivity contribution in [3.63, 3.8) is 0 Å².